The predicted molar refractivity (Wildman–Crippen MR) is 94.7 cm³/mol. The first-order valence-corrected chi connectivity index (χ1v) is 9.05. The molecule has 1 aromatic rings. The lowest BCUT2D eigenvalue weighted by Gasteiger charge is -2.23. The molecule has 0 spiro atoms. The third kappa shape index (κ3) is 4.44. The van der Waals surface area contributed by atoms with Crippen molar-refractivity contribution in [2.75, 3.05) is 18.5 Å². The van der Waals surface area contributed by atoms with Crippen LogP contribution in [0.3, 0.4) is 0 Å². The largest absolute Gasteiger partial charge is 0.455 e. The number of likely N-dealkylation sites (tertiary alicyclic amines) is 1. The number of amides is 2. The minimum absolute atomic E-state index is 0.0520. The van der Waals surface area contributed by atoms with E-state index in [4.69, 9.17) is 4.74 Å². The Labute approximate surface area is 160 Å². The van der Waals surface area contributed by atoms with E-state index in [0.717, 1.165) is 43.9 Å². The topological polar surface area (TPSA) is 119 Å². The number of non-ortho nitro benzene ring substituents is 1. The fraction of sp³-hybridized carbons (Fsp3) is 0.500. The lowest BCUT2D eigenvalue weighted by atomic mass is 10.1. The minimum Gasteiger partial charge on any atom is -0.455 e. The van der Waals surface area contributed by atoms with Crippen molar-refractivity contribution in [2.24, 2.45) is 5.92 Å². The number of nitro benzene ring substituents is 1. The molecule has 1 atom stereocenters. The Kier molecular flexibility index (Phi) is 5.86. The molecule has 0 bridgehead atoms. The summed E-state index contributed by atoms with van der Waals surface area (Å²) in [6, 6.07) is 2.88. The molecule has 0 radical (unpaired) electrons. The van der Waals surface area contributed by atoms with Crippen molar-refractivity contribution < 1.29 is 28.4 Å². The van der Waals surface area contributed by atoms with Crippen LogP contribution >= 0.6 is 0 Å². The van der Waals surface area contributed by atoms with Crippen molar-refractivity contribution in [1.82, 2.24) is 4.90 Å². The Morgan fingerprint density at radius 1 is 1.32 bits per heavy atom. The van der Waals surface area contributed by atoms with E-state index in [-0.39, 0.29) is 36.3 Å². The molecule has 2 aliphatic rings. The molecule has 9 nitrogen and oxygen atoms in total. The van der Waals surface area contributed by atoms with Crippen molar-refractivity contribution in [2.45, 2.75) is 38.1 Å². The van der Waals surface area contributed by atoms with Crippen LogP contribution in [-0.2, 0) is 19.1 Å². The van der Waals surface area contributed by atoms with Crippen LogP contribution in [-0.4, -0.2) is 46.8 Å². The first-order valence-electron chi connectivity index (χ1n) is 9.05. The lowest BCUT2D eigenvalue weighted by molar-refractivity contribution is -0.384. The predicted octanol–water partition coefficient (Wildman–Crippen LogP) is 2.01. The number of nitrogens with zero attached hydrogens (tertiary/aromatic N) is 2. The van der Waals surface area contributed by atoms with Gasteiger partial charge < -0.3 is 15.0 Å². The smallest absolute Gasteiger partial charge is 0.311 e. The fourth-order valence-corrected chi connectivity index (χ4v) is 3.62. The van der Waals surface area contributed by atoms with Gasteiger partial charge in [-0.3, -0.25) is 24.5 Å². The molecule has 1 heterocycles. The van der Waals surface area contributed by atoms with Gasteiger partial charge in [-0.1, -0.05) is 12.8 Å². The second-order valence-corrected chi connectivity index (χ2v) is 6.96. The molecule has 1 saturated heterocycles. The number of benzene rings is 1. The Morgan fingerprint density at radius 2 is 2.04 bits per heavy atom. The van der Waals surface area contributed by atoms with E-state index in [1.807, 2.05) is 0 Å². The van der Waals surface area contributed by atoms with Gasteiger partial charge in [0.15, 0.2) is 6.61 Å². The number of rotatable bonds is 6. The Hall–Kier alpha value is -3.04. The standard InChI is InChI=1S/C18H20FN3O6/c19-14-6-5-13(22(26)27)8-15(14)20-16(23)10-28-18(25)11-7-17(24)21(9-11)12-3-1-2-4-12/h5-6,8,11-12H,1-4,7,9-10H2,(H,20,23)/t11-/m0/s1. The SMILES string of the molecule is O=C(COC(=O)[C@H]1CC(=O)N(C2CCCC2)C1)Nc1cc([N+](=O)[O-])ccc1F. The molecular formula is C18H20FN3O6. The number of halogens is 1. The highest BCUT2D eigenvalue weighted by Crippen LogP contribution is 2.30. The summed E-state index contributed by atoms with van der Waals surface area (Å²) in [5, 5.41) is 12.9. The number of hydrogen-bond donors (Lipinski definition) is 1. The molecular weight excluding hydrogens is 373 g/mol. The van der Waals surface area contributed by atoms with Gasteiger partial charge in [-0.05, 0) is 18.9 Å². The van der Waals surface area contributed by atoms with E-state index in [2.05, 4.69) is 5.32 Å². The highest BCUT2D eigenvalue weighted by Gasteiger charge is 2.39. The molecule has 10 heteroatoms. The van der Waals surface area contributed by atoms with Crippen LogP contribution in [0.5, 0.6) is 0 Å². The maximum Gasteiger partial charge on any atom is 0.311 e. The minimum atomic E-state index is -0.848. The number of nitrogens with one attached hydrogen (secondary N) is 1. The Balaban J connectivity index is 1.51. The zero-order valence-corrected chi connectivity index (χ0v) is 15.1. The number of nitro groups is 1. The van der Waals surface area contributed by atoms with Gasteiger partial charge in [0.1, 0.15) is 5.82 Å². The van der Waals surface area contributed by atoms with Gasteiger partial charge in [0.2, 0.25) is 5.91 Å². The first kappa shape index (κ1) is 19.7. The third-order valence-electron chi connectivity index (χ3n) is 5.04. The molecule has 3 rings (SSSR count). The van der Waals surface area contributed by atoms with Crippen molar-refractivity contribution >= 4 is 29.2 Å². The Bertz CT molecular complexity index is 809. The van der Waals surface area contributed by atoms with Crippen LogP contribution in [0.2, 0.25) is 0 Å². The first-order chi connectivity index (χ1) is 13.3. The highest BCUT2D eigenvalue weighted by molar-refractivity contribution is 5.94. The van der Waals surface area contributed by atoms with Crippen molar-refractivity contribution in [3.63, 3.8) is 0 Å². The fourth-order valence-electron chi connectivity index (χ4n) is 3.62. The zero-order valence-electron chi connectivity index (χ0n) is 15.1. The van der Waals surface area contributed by atoms with E-state index in [1.165, 1.54) is 0 Å². The molecule has 0 unspecified atom stereocenters. The summed E-state index contributed by atoms with van der Waals surface area (Å²) < 4.78 is 18.6. The van der Waals surface area contributed by atoms with E-state index in [9.17, 15) is 28.9 Å². The number of esters is 1. The monoisotopic (exact) mass is 393 g/mol. The number of carbonyl (C=O) groups excluding carboxylic acids is 3. The summed E-state index contributed by atoms with van der Waals surface area (Å²) in [6.45, 7) is -0.390. The molecule has 1 aliphatic heterocycles. The average Bonchev–Trinajstić information content (AvgIpc) is 3.30. The highest BCUT2D eigenvalue weighted by atomic mass is 19.1. The summed E-state index contributed by atoms with van der Waals surface area (Å²) in [5.41, 5.74) is -0.760. The summed E-state index contributed by atoms with van der Waals surface area (Å²) in [7, 11) is 0. The second-order valence-electron chi connectivity index (χ2n) is 6.96. The molecule has 28 heavy (non-hydrogen) atoms. The summed E-state index contributed by atoms with van der Waals surface area (Å²) in [4.78, 5) is 47.9. The van der Waals surface area contributed by atoms with E-state index < -0.39 is 35.1 Å². The van der Waals surface area contributed by atoms with Crippen molar-refractivity contribution in [3.8, 4) is 0 Å². The number of carbonyl (C=O) groups is 3. The van der Waals surface area contributed by atoms with Gasteiger partial charge in [-0.15, -0.1) is 0 Å². The molecule has 0 aromatic heterocycles. The van der Waals surface area contributed by atoms with Gasteiger partial charge in [0.25, 0.3) is 11.6 Å². The molecule has 1 N–H and O–H groups in total. The van der Waals surface area contributed by atoms with E-state index >= 15 is 0 Å². The average molecular weight is 393 g/mol. The van der Waals surface area contributed by atoms with Crippen LogP contribution in [0.4, 0.5) is 15.8 Å². The third-order valence-corrected chi connectivity index (χ3v) is 5.04. The van der Waals surface area contributed by atoms with Gasteiger partial charge in [0.05, 0.1) is 16.5 Å². The maximum absolute atomic E-state index is 13.7. The van der Waals surface area contributed by atoms with Crippen LogP contribution in [0.15, 0.2) is 18.2 Å². The number of hydrogen-bond acceptors (Lipinski definition) is 6. The molecule has 1 aliphatic carbocycles. The van der Waals surface area contributed by atoms with Gasteiger partial charge in [-0.25, -0.2) is 4.39 Å². The Morgan fingerprint density at radius 3 is 2.71 bits per heavy atom. The normalized spacial score (nSPS) is 19.7. The molecule has 150 valence electrons. The zero-order chi connectivity index (χ0) is 20.3. The van der Waals surface area contributed by atoms with Crippen LogP contribution in [0, 0.1) is 21.8 Å². The summed E-state index contributed by atoms with van der Waals surface area (Å²) >= 11 is 0. The van der Waals surface area contributed by atoms with E-state index in [0.29, 0.717) is 0 Å². The molecule has 2 fully saturated rings. The molecule has 2 amide bonds. The van der Waals surface area contributed by atoms with Crippen LogP contribution < -0.4 is 5.32 Å². The molecule has 1 saturated carbocycles. The summed E-state index contributed by atoms with van der Waals surface area (Å²) in [5.74, 6) is -3.06. The van der Waals surface area contributed by atoms with E-state index in [1.54, 1.807) is 4.90 Å². The number of ether oxygens (including phenoxy) is 1. The summed E-state index contributed by atoms with van der Waals surface area (Å²) in [6.07, 6.45) is 4.06. The quantitative estimate of drug-likeness (QED) is 0.449. The van der Waals surface area contributed by atoms with Gasteiger partial charge in [0, 0.05) is 31.1 Å². The van der Waals surface area contributed by atoms with Crippen LogP contribution in [0.25, 0.3) is 0 Å². The van der Waals surface area contributed by atoms with Crippen LogP contribution in [0.1, 0.15) is 32.1 Å². The second kappa shape index (κ2) is 8.32. The lowest BCUT2D eigenvalue weighted by Crippen LogP contribution is -2.35. The van der Waals surface area contributed by atoms with Gasteiger partial charge >= 0.3 is 5.97 Å². The molecule has 1 aromatic carbocycles. The van der Waals surface area contributed by atoms with Gasteiger partial charge in [-0.2, -0.15) is 0 Å². The maximum atomic E-state index is 13.7. The number of anilines is 1. The van der Waals surface area contributed by atoms with Crippen molar-refractivity contribution in [1.29, 1.82) is 0 Å². The van der Waals surface area contributed by atoms with Crippen molar-refractivity contribution in [3.05, 3.63) is 34.1 Å².